The number of nitrogens with zero attached hydrogens (tertiary/aromatic N) is 2. The SMILES string of the molecule is CCn1nc(NC(=O)NCc2cccc(O)c2O)cc1C1CC1. The molecule has 0 atom stereocenters. The van der Waals surface area contributed by atoms with Crippen molar-refractivity contribution in [3.8, 4) is 11.5 Å². The van der Waals surface area contributed by atoms with E-state index in [1.807, 2.05) is 17.7 Å². The molecule has 0 saturated heterocycles. The molecule has 1 heterocycles. The number of carbonyl (C=O) groups excluding carboxylic acids is 1. The van der Waals surface area contributed by atoms with Gasteiger partial charge < -0.3 is 15.5 Å². The highest BCUT2D eigenvalue weighted by Crippen LogP contribution is 2.40. The highest BCUT2D eigenvalue weighted by Gasteiger charge is 2.28. The summed E-state index contributed by atoms with van der Waals surface area (Å²) < 4.78 is 1.91. The Labute approximate surface area is 133 Å². The third kappa shape index (κ3) is 3.39. The molecule has 0 aliphatic heterocycles. The van der Waals surface area contributed by atoms with Crippen molar-refractivity contribution in [1.82, 2.24) is 15.1 Å². The van der Waals surface area contributed by atoms with E-state index >= 15 is 0 Å². The lowest BCUT2D eigenvalue weighted by Gasteiger charge is -2.08. The van der Waals surface area contributed by atoms with Gasteiger partial charge in [0.05, 0.1) is 0 Å². The maximum Gasteiger partial charge on any atom is 0.320 e. The number of anilines is 1. The highest BCUT2D eigenvalue weighted by molar-refractivity contribution is 5.88. The third-order valence-electron chi connectivity index (χ3n) is 3.89. The van der Waals surface area contributed by atoms with E-state index < -0.39 is 6.03 Å². The number of para-hydroxylation sites is 1. The average molecular weight is 316 g/mol. The number of phenolic OH excluding ortho intramolecular Hbond substituents is 2. The molecule has 1 aliphatic rings. The molecule has 0 unspecified atom stereocenters. The van der Waals surface area contributed by atoms with Crippen molar-refractivity contribution in [2.75, 3.05) is 5.32 Å². The van der Waals surface area contributed by atoms with Crippen LogP contribution < -0.4 is 10.6 Å². The summed E-state index contributed by atoms with van der Waals surface area (Å²) in [5.41, 5.74) is 1.60. The Kier molecular flexibility index (Phi) is 4.10. The molecular weight excluding hydrogens is 296 g/mol. The van der Waals surface area contributed by atoms with Crippen LogP contribution in [0.3, 0.4) is 0 Å². The van der Waals surface area contributed by atoms with E-state index in [4.69, 9.17) is 0 Å². The number of benzene rings is 1. The van der Waals surface area contributed by atoms with Gasteiger partial charge in [0.2, 0.25) is 0 Å². The molecule has 2 amide bonds. The van der Waals surface area contributed by atoms with Crippen LogP contribution >= 0.6 is 0 Å². The zero-order valence-electron chi connectivity index (χ0n) is 12.9. The Morgan fingerprint density at radius 1 is 1.39 bits per heavy atom. The van der Waals surface area contributed by atoms with Crippen LogP contribution in [0.15, 0.2) is 24.3 Å². The van der Waals surface area contributed by atoms with Gasteiger partial charge in [0.1, 0.15) is 0 Å². The average Bonchev–Trinajstić information content (AvgIpc) is 3.30. The molecule has 1 fully saturated rings. The summed E-state index contributed by atoms with van der Waals surface area (Å²) in [4.78, 5) is 12.0. The van der Waals surface area contributed by atoms with E-state index in [1.54, 1.807) is 12.1 Å². The van der Waals surface area contributed by atoms with Crippen LogP contribution in [0.1, 0.15) is 36.9 Å². The Balaban J connectivity index is 1.60. The van der Waals surface area contributed by atoms with Gasteiger partial charge >= 0.3 is 6.03 Å². The summed E-state index contributed by atoms with van der Waals surface area (Å²) in [7, 11) is 0. The van der Waals surface area contributed by atoms with E-state index in [-0.39, 0.29) is 18.0 Å². The smallest absolute Gasteiger partial charge is 0.320 e. The summed E-state index contributed by atoms with van der Waals surface area (Å²) in [6, 6.07) is 6.12. The second-order valence-corrected chi connectivity index (χ2v) is 5.64. The topological polar surface area (TPSA) is 99.4 Å². The van der Waals surface area contributed by atoms with Gasteiger partial charge in [0.15, 0.2) is 17.3 Å². The Morgan fingerprint density at radius 2 is 2.17 bits per heavy atom. The lowest BCUT2D eigenvalue weighted by atomic mass is 10.2. The maximum absolute atomic E-state index is 12.0. The quantitative estimate of drug-likeness (QED) is 0.637. The van der Waals surface area contributed by atoms with E-state index in [2.05, 4.69) is 15.7 Å². The lowest BCUT2D eigenvalue weighted by molar-refractivity contribution is 0.251. The van der Waals surface area contributed by atoms with Gasteiger partial charge in [0.25, 0.3) is 0 Å². The molecule has 7 nitrogen and oxygen atoms in total. The normalized spacial score (nSPS) is 13.8. The van der Waals surface area contributed by atoms with Crippen LogP contribution in [0.2, 0.25) is 0 Å². The molecule has 1 aromatic heterocycles. The number of phenols is 2. The second kappa shape index (κ2) is 6.20. The fraction of sp³-hybridized carbons (Fsp3) is 0.375. The molecule has 4 N–H and O–H groups in total. The molecule has 1 aliphatic carbocycles. The Hall–Kier alpha value is -2.70. The van der Waals surface area contributed by atoms with Crippen molar-refractivity contribution in [1.29, 1.82) is 0 Å². The minimum absolute atomic E-state index is 0.107. The lowest BCUT2D eigenvalue weighted by Crippen LogP contribution is -2.28. The zero-order valence-corrected chi connectivity index (χ0v) is 12.9. The minimum atomic E-state index is -0.407. The largest absolute Gasteiger partial charge is 0.504 e. The maximum atomic E-state index is 12.0. The Morgan fingerprint density at radius 3 is 2.87 bits per heavy atom. The number of aromatic nitrogens is 2. The molecule has 0 spiro atoms. The van der Waals surface area contributed by atoms with Crippen LogP contribution in [-0.2, 0) is 13.1 Å². The van der Waals surface area contributed by atoms with Crippen LogP contribution in [0, 0.1) is 0 Å². The molecule has 1 saturated carbocycles. The number of hydrogen-bond donors (Lipinski definition) is 4. The first-order valence-electron chi connectivity index (χ1n) is 7.71. The molecule has 0 radical (unpaired) electrons. The minimum Gasteiger partial charge on any atom is -0.504 e. The van der Waals surface area contributed by atoms with Crippen molar-refractivity contribution in [3.05, 3.63) is 35.5 Å². The van der Waals surface area contributed by atoms with Crippen LogP contribution in [0.5, 0.6) is 11.5 Å². The fourth-order valence-electron chi connectivity index (χ4n) is 2.51. The van der Waals surface area contributed by atoms with E-state index in [0.29, 0.717) is 17.3 Å². The fourth-order valence-corrected chi connectivity index (χ4v) is 2.51. The predicted octanol–water partition coefficient (Wildman–Crippen LogP) is 2.51. The first-order chi connectivity index (χ1) is 11.1. The summed E-state index contributed by atoms with van der Waals surface area (Å²) in [6.45, 7) is 2.90. The van der Waals surface area contributed by atoms with E-state index in [9.17, 15) is 15.0 Å². The number of rotatable bonds is 5. The number of aryl methyl sites for hydroxylation is 1. The summed E-state index contributed by atoms with van der Waals surface area (Å²) in [6.07, 6.45) is 2.35. The number of amides is 2. The summed E-state index contributed by atoms with van der Waals surface area (Å²) in [5.74, 6) is 0.649. The van der Waals surface area contributed by atoms with Gasteiger partial charge in [-0.15, -0.1) is 0 Å². The predicted molar refractivity (Wildman–Crippen MR) is 85.5 cm³/mol. The van der Waals surface area contributed by atoms with Gasteiger partial charge in [-0.25, -0.2) is 4.79 Å². The van der Waals surface area contributed by atoms with Crippen molar-refractivity contribution < 1.29 is 15.0 Å². The number of hydrogen-bond acceptors (Lipinski definition) is 4. The van der Waals surface area contributed by atoms with Gasteiger partial charge in [-0.2, -0.15) is 5.10 Å². The molecule has 122 valence electrons. The summed E-state index contributed by atoms with van der Waals surface area (Å²) in [5, 5.41) is 28.8. The van der Waals surface area contributed by atoms with Gasteiger partial charge in [-0.1, -0.05) is 12.1 Å². The van der Waals surface area contributed by atoms with Gasteiger partial charge in [-0.3, -0.25) is 10.00 Å². The van der Waals surface area contributed by atoms with Gasteiger partial charge in [0, 0.05) is 36.3 Å². The first kappa shape index (κ1) is 15.2. The molecule has 1 aromatic carbocycles. The highest BCUT2D eigenvalue weighted by atomic mass is 16.3. The Bertz CT molecular complexity index is 722. The second-order valence-electron chi connectivity index (χ2n) is 5.64. The standard InChI is InChI=1S/C16H20N4O3/c1-2-20-12(10-6-7-10)8-14(19-20)18-16(23)17-9-11-4-3-5-13(21)15(11)22/h3-5,8,10,21-22H,2,6-7,9H2,1H3,(H2,17,18,19,23). The van der Waals surface area contributed by atoms with Crippen molar-refractivity contribution in [2.24, 2.45) is 0 Å². The van der Waals surface area contributed by atoms with Gasteiger partial charge in [-0.05, 0) is 25.8 Å². The molecule has 23 heavy (non-hydrogen) atoms. The third-order valence-corrected chi connectivity index (χ3v) is 3.89. The first-order valence-corrected chi connectivity index (χ1v) is 7.71. The molecule has 0 bridgehead atoms. The van der Waals surface area contributed by atoms with Crippen LogP contribution in [0.4, 0.5) is 10.6 Å². The molecular formula is C16H20N4O3. The van der Waals surface area contributed by atoms with Crippen LogP contribution in [0.25, 0.3) is 0 Å². The molecule has 3 rings (SSSR count). The number of carbonyl (C=O) groups is 1. The number of nitrogens with one attached hydrogen (secondary N) is 2. The number of urea groups is 1. The van der Waals surface area contributed by atoms with E-state index in [1.165, 1.54) is 18.9 Å². The monoisotopic (exact) mass is 316 g/mol. The molecule has 2 aromatic rings. The summed E-state index contributed by atoms with van der Waals surface area (Å²) >= 11 is 0. The zero-order chi connectivity index (χ0) is 16.4. The van der Waals surface area contributed by atoms with Crippen molar-refractivity contribution >= 4 is 11.8 Å². The molecule has 7 heteroatoms. The van der Waals surface area contributed by atoms with E-state index in [0.717, 1.165) is 12.2 Å². The number of aromatic hydroxyl groups is 2. The van der Waals surface area contributed by atoms with Crippen molar-refractivity contribution in [3.63, 3.8) is 0 Å². The van der Waals surface area contributed by atoms with Crippen molar-refractivity contribution in [2.45, 2.75) is 38.8 Å². The van der Waals surface area contributed by atoms with Crippen LogP contribution in [-0.4, -0.2) is 26.0 Å².